The van der Waals surface area contributed by atoms with E-state index in [1.54, 1.807) is 5.38 Å². The molecule has 0 aliphatic heterocycles. The third-order valence-corrected chi connectivity index (χ3v) is 5.19. The van der Waals surface area contributed by atoms with Crippen LogP contribution in [0.5, 0.6) is 5.88 Å². The van der Waals surface area contributed by atoms with Gasteiger partial charge in [-0.3, -0.25) is 4.79 Å². The van der Waals surface area contributed by atoms with Crippen LogP contribution < -0.4 is 10.1 Å². The highest BCUT2D eigenvalue weighted by Crippen LogP contribution is 2.33. The second-order valence-electron chi connectivity index (χ2n) is 6.16. The van der Waals surface area contributed by atoms with E-state index < -0.39 is 0 Å². The second-order valence-corrected chi connectivity index (χ2v) is 7.02. The van der Waals surface area contributed by atoms with Crippen molar-refractivity contribution in [3.63, 3.8) is 0 Å². The number of anilines is 1. The predicted molar refractivity (Wildman–Crippen MR) is 96.6 cm³/mol. The van der Waals surface area contributed by atoms with Crippen LogP contribution in [-0.2, 0) is 4.79 Å². The topological polar surface area (TPSA) is 67.0 Å². The van der Waals surface area contributed by atoms with Crippen LogP contribution in [0.25, 0.3) is 21.6 Å². The van der Waals surface area contributed by atoms with Gasteiger partial charge >= 0.3 is 5.97 Å². The lowest BCUT2D eigenvalue weighted by Gasteiger charge is -2.14. The SMILES string of the molecule is CC(=O)Oc1csc(-c2cc3cccc(NC4CCCC4)c3[nH]2)n1. The number of nitrogens with zero attached hydrogens (tertiary/aromatic N) is 1. The second kappa shape index (κ2) is 6.28. The van der Waals surface area contributed by atoms with Crippen molar-refractivity contribution in [3.8, 4) is 16.6 Å². The first-order valence-corrected chi connectivity index (χ1v) is 9.09. The van der Waals surface area contributed by atoms with Gasteiger partial charge in [-0.2, -0.15) is 4.98 Å². The molecule has 124 valence electrons. The smallest absolute Gasteiger partial charge is 0.309 e. The molecule has 0 spiro atoms. The largest absolute Gasteiger partial charge is 0.407 e. The molecule has 6 heteroatoms. The molecule has 2 N–H and O–H groups in total. The van der Waals surface area contributed by atoms with E-state index in [1.807, 2.05) is 0 Å². The molecule has 5 nitrogen and oxygen atoms in total. The Kier molecular flexibility index (Phi) is 3.98. The van der Waals surface area contributed by atoms with Crippen LogP contribution in [-0.4, -0.2) is 22.0 Å². The molecule has 2 aromatic heterocycles. The van der Waals surface area contributed by atoms with Crippen molar-refractivity contribution >= 4 is 33.9 Å². The highest BCUT2D eigenvalue weighted by molar-refractivity contribution is 7.13. The van der Waals surface area contributed by atoms with Crippen molar-refractivity contribution in [2.75, 3.05) is 5.32 Å². The van der Waals surface area contributed by atoms with Gasteiger partial charge in [-0.05, 0) is 25.0 Å². The minimum Gasteiger partial charge on any atom is -0.407 e. The van der Waals surface area contributed by atoms with Gasteiger partial charge in [0, 0.05) is 18.4 Å². The molecule has 1 aromatic carbocycles. The van der Waals surface area contributed by atoms with Gasteiger partial charge in [-0.15, -0.1) is 11.3 Å². The number of esters is 1. The van der Waals surface area contributed by atoms with E-state index in [9.17, 15) is 4.79 Å². The Morgan fingerprint density at radius 2 is 2.21 bits per heavy atom. The van der Waals surface area contributed by atoms with E-state index >= 15 is 0 Å². The normalized spacial score (nSPS) is 15.0. The number of rotatable bonds is 4. The molecule has 2 heterocycles. The van der Waals surface area contributed by atoms with E-state index in [-0.39, 0.29) is 5.97 Å². The van der Waals surface area contributed by atoms with Crippen LogP contribution in [0.3, 0.4) is 0 Å². The lowest BCUT2D eigenvalue weighted by Crippen LogP contribution is -2.14. The summed E-state index contributed by atoms with van der Waals surface area (Å²) < 4.78 is 5.04. The summed E-state index contributed by atoms with van der Waals surface area (Å²) in [6.07, 6.45) is 5.09. The molecule has 0 unspecified atom stereocenters. The van der Waals surface area contributed by atoms with Crippen LogP contribution in [0.15, 0.2) is 29.6 Å². The van der Waals surface area contributed by atoms with Crippen molar-refractivity contribution in [1.29, 1.82) is 0 Å². The molecular formula is C18H19N3O2S. The summed E-state index contributed by atoms with van der Waals surface area (Å²) in [6, 6.07) is 8.94. The van der Waals surface area contributed by atoms with E-state index in [4.69, 9.17) is 4.74 Å². The van der Waals surface area contributed by atoms with E-state index in [2.05, 4.69) is 39.6 Å². The number of carbonyl (C=O) groups excluding carboxylic acids is 1. The quantitative estimate of drug-likeness (QED) is 0.682. The van der Waals surface area contributed by atoms with Crippen molar-refractivity contribution in [2.45, 2.75) is 38.6 Å². The fourth-order valence-corrected chi connectivity index (χ4v) is 3.95. The third kappa shape index (κ3) is 3.01. The number of H-pyrrole nitrogens is 1. The maximum absolute atomic E-state index is 11.0. The molecule has 1 fully saturated rings. The van der Waals surface area contributed by atoms with Gasteiger partial charge in [-0.1, -0.05) is 25.0 Å². The van der Waals surface area contributed by atoms with Gasteiger partial charge < -0.3 is 15.0 Å². The molecular weight excluding hydrogens is 322 g/mol. The van der Waals surface area contributed by atoms with Crippen LogP contribution in [0.2, 0.25) is 0 Å². The summed E-state index contributed by atoms with van der Waals surface area (Å²) in [4.78, 5) is 18.9. The monoisotopic (exact) mass is 341 g/mol. The lowest BCUT2D eigenvalue weighted by atomic mass is 10.2. The van der Waals surface area contributed by atoms with Gasteiger partial charge in [-0.25, -0.2) is 0 Å². The zero-order valence-corrected chi connectivity index (χ0v) is 14.3. The molecule has 0 saturated heterocycles. The Labute approximate surface area is 144 Å². The van der Waals surface area contributed by atoms with Gasteiger partial charge in [0.2, 0.25) is 5.88 Å². The molecule has 1 saturated carbocycles. The average molecular weight is 341 g/mol. The maximum atomic E-state index is 11.0. The zero-order valence-electron chi connectivity index (χ0n) is 13.5. The van der Waals surface area contributed by atoms with Crippen LogP contribution in [0.1, 0.15) is 32.6 Å². The fraction of sp³-hybridized carbons (Fsp3) is 0.333. The number of aromatic nitrogens is 2. The fourth-order valence-electron chi connectivity index (χ4n) is 3.26. The number of ether oxygens (including phenoxy) is 1. The van der Waals surface area contributed by atoms with E-state index in [0.717, 1.165) is 27.3 Å². The number of fused-ring (bicyclic) bond motifs is 1. The minimum absolute atomic E-state index is 0.352. The summed E-state index contributed by atoms with van der Waals surface area (Å²) in [7, 11) is 0. The molecule has 1 aliphatic rings. The summed E-state index contributed by atoms with van der Waals surface area (Å²) in [6.45, 7) is 1.38. The summed E-state index contributed by atoms with van der Waals surface area (Å²) in [5.41, 5.74) is 3.18. The number of hydrogen-bond acceptors (Lipinski definition) is 5. The molecule has 3 aromatic rings. The molecule has 0 bridgehead atoms. The molecule has 0 atom stereocenters. The lowest BCUT2D eigenvalue weighted by molar-refractivity contribution is -0.132. The summed E-state index contributed by atoms with van der Waals surface area (Å²) >= 11 is 1.46. The van der Waals surface area contributed by atoms with Crippen LogP contribution in [0, 0.1) is 0 Å². The number of benzene rings is 1. The standard InChI is InChI=1S/C18H19N3O2S/c1-11(22)23-16-10-24-18(21-16)15-9-12-5-4-8-14(17(12)20-15)19-13-6-2-3-7-13/h4-5,8-10,13,19-20H,2-3,6-7H2,1H3. The maximum Gasteiger partial charge on any atom is 0.309 e. The van der Waals surface area contributed by atoms with Gasteiger partial charge in [0.15, 0.2) is 0 Å². The average Bonchev–Trinajstić information content (AvgIpc) is 3.25. The van der Waals surface area contributed by atoms with Gasteiger partial charge in [0.05, 0.1) is 22.3 Å². The van der Waals surface area contributed by atoms with E-state index in [1.165, 1.54) is 43.9 Å². The first kappa shape index (κ1) is 15.2. The van der Waals surface area contributed by atoms with Gasteiger partial charge in [0.1, 0.15) is 5.01 Å². The number of thiazole rings is 1. The number of carbonyl (C=O) groups is 1. The highest BCUT2D eigenvalue weighted by atomic mass is 32.1. The minimum atomic E-state index is -0.355. The van der Waals surface area contributed by atoms with Crippen molar-refractivity contribution in [1.82, 2.24) is 9.97 Å². The van der Waals surface area contributed by atoms with Crippen molar-refractivity contribution in [2.24, 2.45) is 0 Å². The molecule has 1 aliphatic carbocycles. The number of nitrogens with one attached hydrogen (secondary N) is 2. The highest BCUT2D eigenvalue weighted by Gasteiger charge is 2.17. The first-order valence-electron chi connectivity index (χ1n) is 8.21. The Morgan fingerprint density at radius 3 is 3.00 bits per heavy atom. The zero-order chi connectivity index (χ0) is 16.5. The Bertz CT molecular complexity index is 877. The molecule has 0 radical (unpaired) electrons. The summed E-state index contributed by atoms with van der Waals surface area (Å²) in [5, 5.41) is 7.38. The Hall–Kier alpha value is -2.34. The molecule has 0 amide bonds. The van der Waals surface area contributed by atoms with Gasteiger partial charge in [0.25, 0.3) is 0 Å². The number of aromatic amines is 1. The third-order valence-electron chi connectivity index (χ3n) is 4.33. The van der Waals surface area contributed by atoms with E-state index in [0.29, 0.717) is 11.9 Å². The Morgan fingerprint density at radius 1 is 1.38 bits per heavy atom. The van der Waals surface area contributed by atoms with Crippen LogP contribution in [0.4, 0.5) is 5.69 Å². The summed E-state index contributed by atoms with van der Waals surface area (Å²) in [5.74, 6) is -0.00277. The van der Waals surface area contributed by atoms with Crippen LogP contribution >= 0.6 is 11.3 Å². The molecule has 24 heavy (non-hydrogen) atoms. The Balaban J connectivity index is 1.65. The number of para-hydroxylation sites is 1. The predicted octanol–water partition coefficient (Wildman–Crippen LogP) is 4.57. The molecule has 4 rings (SSSR count). The first-order chi connectivity index (χ1) is 11.7. The van der Waals surface area contributed by atoms with Crippen molar-refractivity contribution in [3.05, 3.63) is 29.6 Å². The van der Waals surface area contributed by atoms with Crippen molar-refractivity contribution < 1.29 is 9.53 Å². The number of hydrogen-bond donors (Lipinski definition) is 2.